The largest absolute Gasteiger partial charge is 0.383 e. The van der Waals surface area contributed by atoms with Crippen molar-refractivity contribution in [2.75, 3.05) is 20.3 Å². The standard InChI is InChI=1S/C18H27N7O3/c1-13(21-18(27)15-11-20-16-5-3-4-8-25(15)16)6-7-19-17(26)14-12-24(23-22-14)9-10-28-2/h11-13H,3-10H2,1-2H3,(H,19,26)(H,21,27)/t13-/m0/s1. The molecule has 0 aromatic carbocycles. The quantitative estimate of drug-likeness (QED) is 0.641. The molecule has 10 heteroatoms. The minimum atomic E-state index is -0.285. The van der Waals surface area contributed by atoms with E-state index < -0.39 is 0 Å². The Balaban J connectivity index is 1.42. The highest BCUT2D eigenvalue weighted by Crippen LogP contribution is 2.16. The molecule has 3 heterocycles. The van der Waals surface area contributed by atoms with Gasteiger partial charge >= 0.3 is 0 Å². The molecule has 0 spiro atoms. The number of methoxy groups -OCH3 is 1. The van der Waals surface area contributed by atoms with Crippen LogP contribution in [0.1, 0.15) is 53.0 Å². The smallest absolute Gasteiger partial charge is 0.273 e. The third-order valence-corrected chi connectivity index (χ3v) is 4.74. The van der Waals surface area contributed by atoms with E-state index in [1.54, 1.807) is 24.2 Å². The zero-order valence-corrected chi connectivity index (χ0v) is 16.3. The van der Waals surface area contributed by atoms with E-state index in [9.17, 15) is 9.59 Å². The SMILES string of the molecule is COCCn1cc(C(=O)NCC[C@H](C)NC(=O)c2cnc3n2CCCC3)nn1. The highest BCUT2D eigenvalue weighted by molar-refractivity contribution is 5.93. The molecule has 1 aliphatic rings. The summed E-state index contributed by atoms with van der Waals surface area (Å²) in [6, 6.07) is -0.0834. The second-order valence-electron chi connectivity index (χ2n) is 6.95. The molecule has 3 rings (SSSR count). The minimum Gasteiger partial charge on any atom is -0.383 e. The Morgan fingerprint density at radius 1 is 1.32 bits per heavy atom. The summed E-state index contributed by atoms with van der Waals surface area (Å²) in [4.78, 5) is 29.0. The Hall–Kier alpha value is -2.75. The van der Waals surface area contributed by atoms with Crippen LogP contribution in [0.25, 0.3) is 0 Å². The first-order valence-electron chi connectivity index (χ1n) is 9.61. The topological polar surface area (TPSA) is 116 Å². The molecule has 1 aliphatic heterocycles. The number of nitrogens with one attached hydrogen (secondary N) is 2. The van der Waals surface area contributed by atoms with Gasteiger partial charge in [0.1, 0.15) is 11.5 Å². The summed E-state index contributed by atoms with van der Waals surface area (Å²) in [5.74, 6) is 0.572. The third kappa shape index (κ3) is 4.94. The summed E-state index contributed by atoms with van der Waals surface area (Å²) in [6.07, 6.45) is 6.95. The van der Waals surface area contributed by atoms with Gasteiger partial charge < -0.3 is 19.9 Å². The average Bonchev–Trinajstić information content (AvgIpc) is 3.33. The van der Waals surface area contributed by atoms with Gasteiger partial charge in [-0.25, -0.2) is 9.67 Å². The Labute approximate surface area is 163 Å². The van der Waals surface area contributed by atoms with E-state index in [0.29, 0.717) is 31.8 Å². The minimum absolute atomic E-state index is 0.0834. The molecule has 0 unspecified atom stereocenters. The van der Waals surface area contributed by atoms with E-state index in [2.05, 4.69) is 25.9 Å². The van der Waals surface area contributed by atoms with Gasteiger partial charge in [-0.2, -0.15) is 0 Å². The van der Waals surface area contributed by atoms with Gasteiger partial charge in [-0.3, -0.25) is 9.59 Å². The molecule has 152 valence electrons. The van der Waals surface area contributed by atoms with Crippen molar-refractivity contribution < 1.29 is 14.3 Å². The van der Waals surface area contributed by atoms with Crippen LogP contribution in [-0.4, -0.2) is 62.7 Å². The first-order valence-corrected chi connectivity index (χ1v) is 9.61. The fourth-order valence-corrected chi connectivity index (χ4v) is 3.16. The molecular formula is C18H27N7O3. The number of rotatable bonds is 9. The molecule has 0 bridgehead atoms. The number of fused-ring (bicyclic) bond motifs is 1. The molecule has 2 N–H and O–H groups in total. The molecule has 1 atom stereocenters. The van der Waals surface area contributed by atoms with E-state index in [1.165, 1.54) is 0 Å². The number of hydrogen-bond acceptors (Lipinski definition) is 6. The second kappa shape index (κ2) is 9.45. The number of nitrogens with zero attached hydrogens (tertiary/aromatic N) is 5. The van der Waals surface area contributed by atoms with Crippen molar-refractivity contribution in [1.82, 2.24) is 35.2 Å². The van der Waals surface area contributed by atoms with Crippen LogP contribution in [0.3, 0.4) is 0 Å². The molecular weight excluding hydrogens is 362 g/mol. The van der Waals surface area contributed by atoms with Crippen molar-refractivity contribution in [1.29, 1.82) is 0 Å². The lowest BCUT2D eigenvalue weighted by atomic mass is 10.1. The predicted octanol–water partition coefficient (Wildman–Crippen LogP) is 0.396. The van der Waals surface area contributed by atoms with Crippen LogP contribution in [0.5, 0.6) is 0 Å². The maximum atomic E-state index is 12.5. The summed E-state index contributed by atoms with van der Waals surface area (Å²) in [7, 11) is 1.60. The summed E-state index contributed by atoms with van der Waals surface area (Å²) in [5.41, 5.74) is 0.872. The third-order valence-electron chi connectivity index (χ3n) is 4.74. The number of carbonyl (C=O) groups excluding carboxylic acids is 2. The number of amides is 2. The number of hydrogen-bond donors (Lipinski definition) is 2. The normalized spacial score (nSPS) is 14.4. The van der Waals surface area contributed by atoms with E-state index >= 15 is 0 Å². The van der Waals surface area contributed by atoms with E-state index in [4.69, 9.17) is 4.74 Å². The second-order valence-corrected chi connectivity index (χ2v) is 6.95. The summed E-state index contributed by atoms with van der Waals surface area (Å²) in [6.45, 7) is 4.22. The van der Waals surface area contributed by atoms with Crippen molar-refractivity contribution in [2.45, 2.75) is 51.7 Å². The van der Waals surface area contributed by atoms with Gasteiger partial charge in [0.25, 0.3) is 11.8 Å². The van der Waals surface area contributed by atoms with Crippen molar-refractivity contribution in [3.8, 4) is 0 Å². The number of carbonyl (C=O) groups is 2. The Kier molecular flexibility index (Phi) is 6.75. The van der Waals surface area contributed by atoms with Crippen LogP contribution in [0.4, 0.5) is 0 Å². The lowest BCUT2D eigenvalue weighted by molar-refractivity contribution is 0.0927. The van der Waals surface area contributed by atoms with Crippen LogP contribution in [0, 0.1) is 0 Å². The van der Waals surface area contributed by atoms with Crippen LogP contribution >= 0.6 is 0 Å². The van der Waals surface area contributed by atoms with Crippen molar-refractivity contribution in [3.05, 3.63) is 29.6 Å². The fourth-order valence-electron chi connectivity index (χ4n) is 3.16. The zero-order valence-electron chi connectivity index (χ0n) is 16.3. The van der Waals surface area contributed by atoms with Crippen molar-refractivity contribution in [3.63, 3.8) is 0 Å². The molecule has 0 saturated heterocycles. The number of aryl methyl sites for hydroxylation is 1. The summed E-state index contributed by atoms with van der Waals surface area (Å²) in [5, 5.41) is 13.5. The zero-order chi connectivity index (χ0) is 19.9. The molecule has 2 aromatic heterocycles. The van der Waals surface area contributed by atoms with E-state index in [-0.39, 0.29) is 23.6 Å². The summed E-state index contributed by atoms with van der Waals surface area (Å²) >= 11 is 0. The van der Waals surface area contributed by atoms with Crippen LogP contribution in [0.2, 0.25) is 0 Å². The number of imidazole rings is 1. The number of ether oxygens (including phenoxy) is 1. The molecule has 0 aliphatic carbocycles. The first kappa shape index (κ1) is 20.0. The fraction of sp³-hybridized carbons (Fsp3) is 0.611. The highest BCUT2D eigenvalue weighted by Gasteiger charge is 2.20. The maximum absolute atomic E-state index is 12.5. The van der Waals surface area contributed by atoms with Crippen molar-refractivity contribution >= 4 is 11.8 Å². The average molecular weight is 389 g/mol. The van der Waals surface area contributed by atoms with Gasteiger partial charge in [0, 0.05) is 32.7 Å². The van der Waals surface area contributed by atoms with Crippen LogP contribution in [0.15, 0.2) is 12.4 Å². The molecule has 2 amide bonds. The molecule has 10 nitrogen and oxygen atoms in total. The molecule has 2 aromatic rings. The van der Waals surface area contributed by atoms with Gasteiger partial charge in [0.05, 0.1) is 25.5 Å². The summed E-state index contributed by atoms with van der Waals surface area (Å²) < 4.78 is 8.53. The Morgan fingerprint density at radius 2 is 2.18 bits per heavy atom. The number of aromatic nitrogens is 5. The molecule has 0 radical (unpaired) electrons. The van der Waals surface area contributed by atoms with Crippen LogP contribution in [-0.2, 0) is 24.2 Å². The highest BCUT2D eigenvalue weighted by atomic mass is 16.5. The predicted molar refractivity (Wildman–Crippen MR) is 101 cm³/mol. The van der Waals surface area contributed by atoms with E-state index in [0.717, 1.165) is 31.6 Å². The van der Waals surface area contributed by atoms with Crippen LogP contribution < -0.4 is 10.6 Å². The van der Waals surface area contributed by atoms with Crippen molar-refractivity contribution in [2.24, 2.45) is 0 Å². The van der Waals surface area contributed by atoms with Gasteiger partial charge in [-0.15, -0.1) is 5.10 Å². The van der Waals surface area contributed by atoms with Gasteiger partial charge in [0.15, 0.2) is 5.69 Å². The Morgan fingerprint density at radius 3 is 3.00 bits per heavy atom. The maximum Gasteiger partial charge on any atom is 0.273 e. The monoisotopic (exact) mass is 389 g/mol. The van der Waals surface area contributed by atoms with E-state index in [1.807, 2.05) is 11.5 Å². The first-order chi connectivity index (χ1) is 13.6. The lowest BCUT2D eigenvalue weighted by Crippen LogP contribution is -2.37. The molecule has 0 fully saturated rings. The van der Waals surface area contributed by atoms with Gasteiger partial charge in [-0.05, 0) is 26.2 Å². The molecule has 28 heavy (non-hydrogen) atoms. The Bertz CT molecular complexity index is 814. The molecule has 0 saturated carbocycles. The van der Waals surface area contributed by atoms with Gasteiger partial charge in [0.2, 0.25) is 0 Å². The van der Waals surface area contributed by atoms with Gasteiger partial charge in [-0.1, -0.05) is 5.21 Å². The lowest BCUT2D eigenvalue weighted by Gasteiger charge is -2.18.